The first kappa shape index (κ1) is 17.7. The van der Waals surface area contributed by atoms with Crippen molar-refractivity contribution in [2.75, 3.05) is 32.9 Å². The van der Waals surface area contributed by atoms with Gasteiger partial charge in [-0.25, -0.2) is 0 Å². The summed E-state index contributed by atoms with van der Waals surface area (Å²) in [7, 11) is 4.79. The predicted molar refractivity (Wildman–Crippen MR) is 97.9 cm³/mol. The molecule has 0 aliphatic heterocycles. The van der Waals surface area contributed by atoms with Gasteiger partial charge in [0.1, 0.15) is 0 Å². The number of benzene rings is 2. The maximum Gasteiger partial charge on any atom is 0.203 e. The molecule has 0 saturated carbocycles. The minimum absolute atomic E-state index is 0.572. The van der Waals surface area contributed by atoms with Gasteiger partial charge in [-0.3, -0.25) is 5.01 Å². The number of hydrazone groups is 1. The third kappa shape index (κ3) is 3.98. The lowest BCUT2D eigenvalue weighted by Crippen LogP contribution is -2.15. The minimum Gasteiger partial charge on any atom is -0.493 e. The molecular formula is C19H24N2O3. The predicted octanol–water partition coefficient (Wildman–Crippen LogP) is 3.88. The zero-order valence-corrected chi connectivity index (χ0v) is 14.9. The molecule has 0 amide bonds. The Bertz CT molecular complexity index is 671. The molecule has 0 bridgehead atoms. The maximum absolute atomic E-state index is 5.37. The highest BCUT2D eigenvalue weighted by atomic mass is 16.5. The van der Waals surface area contributed by atoms with Crippen molar-refractivity contribution >= 4 is 11.9 Å². The van der Waals surface area contributed by atoms with Crippen molar-refractivity contribution in [3.8, 4) is 17.2 Å². The number of rotatable bonds is 7. The van der Waals surface area contributed by atoms with Crippen LogP contribution in [0.5, 0.6) is 17.2 Å². The molecule has 2 rings (SSSR count). The van der Waals surface area contributed by atoms with E-state index in [-0.39, 0.29) is 0 Å². The van der Waals surface area contributed by atoms with Crippen LogP contribution >= 0.6 is 0 Å². The molecule has 0 aliphatic rings. The van der Waals surface area contributed by atoms with E-state index in [4.69, 9.17) is 14.2 Å². The summed E-state index contributed by atoms with van der Waals surface area (Å²) in [6, 6.07) is 12.0. The van der Waals surface area contributed by atoms with Crippen LogP contribution in [0.2, 0.25) is 0 Å². The summed E-state index contributed by atoms with van der Waals surface area (Å²) < 4.78 is 16.1. The Morgan fingerprint density at radius 2 is 1.54 bits per heavy atom. The molecule has 5 nitrogen and oxygen atoms in total. The average Bonchev–Trinajstić information content (AvgIpc) is 2.62. The van der Waals surface area contributed by atoms with Crippen molar-refractivity contribution in [2.45, 2.75) is 13.8 Å². The maximum atomic E-state index is 5.37. The molecule has 0 atom stereocenters. The van der Waals surface area contributed by atoms with Crippen molar-refractivity contribution in [1.29, 1.82) is 0 Å². The Kier molecular flexibility index (Phi) is 6.07. The molecule has 0 fully saturated rings. The first-order valence-corrected chi connectivity index (χ1v) is 7.81. The van der Waals surface area contributed by atoms with E-state index in [1.807, 2.05) is 17.1 Å². The van der Waals surface area contributed by atoms with Gasteiger partial charge in [0.25, 0.3) is 0 Å². The summed E-state index contributed by atoms with van der Waals surface area (Å²) in [5.41, 5.74) is 3.14. The number of methoxy groups -OCH3 is 3. The second-order valence-corrected chi connectivity index (χ2v) is 5.25. The summed E-state index contributed by atoms with van der Waals surface area (Å²) in [5, 5.41) is 6.51. The van der Waals surface area contributed by atoms with E-state index in [1.54, 1.807) is 27.5 Å². The van der Waals surface area contributed by atoms with Crippen LogP contribution in [0.1, 0.15) is 18.1 Å². The molecule has 0 unspecified atom stereocenters. The zero-order valence-electron chi connectivity index (χ0n) is 14.9. The van der Waals surface area contributed by atoms with E-state index in [2.05, 4.69) is 43.2 Å². The van der Waals surface area contributed by atoms with Gasteiger partial charge in [0, 0.05) is 12.1 Å². The second kappa shape index (κ2) is 8.24. The van der Waals surface area contributed by atoms with E-state index < -0.39 is 0 Å². The van der Waals surface area contributed by atoms with Crippen LogP contribution in [-0.4, -0.2) is 34.1 Å². The van der Waals surface area contributed by atoms with Crippen molar-refractivity contribution in [2.24, 2.45) is 5.10 Å². The fourth-order valence-corrected chi connectivity index (χ4v) is 2.36. The molecule has 0 aliphatic carbocycles. The van der Waals surface area contributed by atoms with Gasteiger partial charge in [-0.15, -0.1) is 0 Å². The van der Waals surface area contributed by atoms with Crippen LogP contribution in [0.25, 0.3) is 0 Å². The highest BCUT2D eigenvalue weighted by Gasteiger charge is 2.12. The number of hydrogen-bond donors (Lipinski definition) is 0. The number of nitrogens with zero attached hydrogens (tertiary/aromatic N) is 2. The summed E-state index contributed by atoms with van der Waals surface area (Å²) in [4.78, 5) is 0. The minimum atomic E-state index is 0.572. The third-order valence-corrected chi connectivity index (χ3v) is 3.66. The fourth-order valence-electron chi connectivity index (χ4n) is 2.36. The SMILES string of the molecule is CCN(/N=C\c1cc(OC)c(OC)c(OC)c1)c1ccc(C)cc1. The summed E-state index contributed by atoms with van der Waals surface area (Å²) in [5.74, 6) is 1.79. The molecule has 128 valence electrons. The van der Waals surface area contributed by atoms with Crippen LogP contribution in [0.4, 0.5) is 5.69 Å². The quantitative estimate of drug-likeness (QED) is 0.571. The van der Waals surface area contributed by atoms with Crippen LogP contribution < -0.4 is 19.2 Å². The van der Waals surface area contributed by atoms with Gasteiger partial charge < -0.3 is 14.2 Å². The Labute approximate surface area is 143 Å². The first-order chi connectivity index (χ1) is 11.6. The van der Waals surface area contributed by atoms with Crippen LogP contribution in [0, 0.1) is 6.92 Å². The van der Waals surface area contributed by atoms with Crippen LogP contribution in [0.15, 0.2) is 41.5 Å². The van der Waals surface area contributed by atoms with E-state index in [0.717, 1.165) is 17.8 Å². The molecule has 0 heterocycles. The molecule has 5 heteroatoms. The summed E-state index contributed by atoms with van der Waals surface area (Å²) in [6.07, 6.45) is 1.79. The van der Waals surface area contributed by atoms with Gasteiger partial charge in [-0.1, -0.05) is 17.7 Å². The Balaban J connectivity index is 2.31. The van der Waals surface area contributed by atoms with E-state index in [1.165, 1.54) is 5.56 Å². The lowest BCUT2D eigenvalue weighted by molar-refractivity contribution is 0.324. The molecule has 2 aromatic carbocycles. The summed E-state index contributed by atoms with van der Waals surface area (Å²) in [6.45, 7) is 4.90. The van der Waals surface area contributed by atoms with Crippen LogP contribution in [0.3, 0.4) is 0 Å². The molecule has 0 spiro atoms. The van der Waals surface area contributed by atoms with Gasteiger partial charge in [0.2, 0.25) is 5.75 Å². The third-order valence-electron chi connectivity index (χ3n) is 3.66. The van der Waals surface area contributed by atoms with Gasteiger partial charge in [-0.2, -0.15) is 5.10 Å². The monoisotopic (exact) mass is 328 g/mol. The molecule has 0 aromatic heterocycles. The van der Waals surface area contributed by atoms with E-state index in [0.29, 0.717) is 17.2 Å². The standard InChI is InChI=1S/C19H24N2O3/c1-6-21(16-9-7-14(2)8-10-16)20-13-15-11-17(22-3)19(24-5)18(12-15)23-4/h7-13H,6H2,1-5H3/b20-13-. The fraction of sp³-hybridized carbons (Fsp3) is 0.316. The molecule has 24 heavy (non-hydrogen) atoms. The first-order valence-electron chi connectivity index (χ1n) is 7.81. The zero-order chi connectivity index (χ0) is 17.5. The highest BCUT2D eigenvalue weighted by Crippen LogP contribution is 2.37. The average molecular weight is 328 g/mol. The van der Waals surface area contributed by atoms with Crippen molar-refractivity contribution in [3.05, 3.63) is 47.5 Å². The van der Waals surface area contributed by atoms with Gasteiger partial charge >= 0.3 is 0 Å². The highest BCUT2D eigenvalue weighted by molar-refractivity contribution is 5.83. The normalized spacial score (nSPS) is 10.7. The van der Waals surface area contributed by atoms with Gasteiger partial charge in [0.05, 0.1) is 33.2 Å². The topological polar surface area (TPSA) is 43.3 Å². The number of hydrogen-bond acceptors (Lipinski definition) is 5. The van der Waals surface area contributed by atoms with Crippen molar-refractivity contribution in [3.63, 3.8) is 0 Å². The van der Waals surface area contributed by atoms with Gasteiger partial charge in [-0.05, 0) is 38.1 Å². The smallest absolute Gasteiger partial charge is 0.203 e. The molecular weight excluding hydrogens is 304 g/mol. The number of ether oxygens (including phenoxy) is 3. The number of aryl methyl sites for hydroxylation is 1. The van der Waals surface area contributed by atoms with E-state index in [9.17, 15) is 0 Å². The van der Waals surface area contributed by atoms with Gasteiger partial charge in [0.15, 0.2) is 11.5 Å². The van der Waals surface area contributed by atoms with E-state index >= 15 is 0 Å². The largest absolute Gasteiger partial charge is 0.493 e. The lowest BCUT2D eigenvalue weighted by Gasteiger charge is -2.17. The Hall–Kier alpha value is -2.69. The molecule has 2 aromatic rings. The Morgan fingerprint density at radius 1 is 0.958 bits per heavy atom. The Morgan fingerprint density at radius 3 is 2.00 bits per heavy atom. The van der Waals surface area contributed by atoms with Crippen molar-refractivity contribution in [1.82, 2.24) is 0 Å². The summed E-state index contributed by atoms with van der Waals surface area (Å²) >= 11 is 0. The van der Waals surface area contributed by atoms with Crippen LogP contribution in [-0.2, 0) is 0 Å². The molecule has 0 radical (unpaired) electrons. The number of anilines is 1. The second-order valence-electron chi connectivity index (χ2n) is 5.25. The molecule has 0 N–H and O–H groups in total. The lowest BCUT2D eigenvalue weighted by atomic mass is 10.2. The van der Waals surface area contributed by atoms with Crippen molar-refractivity contribution < 1.29 is 14.2 Å². The molecule has 0 saturated heterocycles.